The van der Waals surface area contributed by atoms with Crippen LogP contribution < -0.4 is 9.80 Å². The lowest BCUT2D eigenvalue weighted by molar-refractivity contribution is 0.602. The molecule has 0 radical (unpaired) electrons. The molecule has 0 aromatic heterocycles. The molecule has 10 rings (SSSR count). The fraction of sp³-hybridized carbons (Fsp3) is 0.134. The van der Waals surface area contributed by atoms with E-state index in [2.05, 4.69) is 268 Å². The van der Waals surface area contributed by atoms with Gasteiger partial charge in [-0.25, -0.2) is 0 Å². The molecule has 1 saturated carbocycles. The summed E-state index contributed by atoms with van der Waals surface area (Å²) in [5.41, 5.74) is 21.6. The molecule has 0 heterocycles. The Balaban J connectivity index is 1.00. The van der Waals surface area contributed by atoms with Crippen molar-refractivity contribution >= 4 is 74.8 Å². The van der Waals surface area contributed by atoms with Crippen molar-refractivity contribution in [2.24, 2.45) is 0 Å². The summed E-state index contributed by atoms with van der Waals surface area (Å²) >= 11 is 0. The standard InChI is InChI=1S/C67H60N2/c1-48-14-32-57(33-15-48)65(58-34-16-49(2)17-35-58)47-56-30-42-62(43-31-56)69(60-38-20-51(4)21-39-60)67-45-44-66(63-12-8-9-13-64(63)67)68(59-36-18-50(3)19-37-59)61-40-28-53(29-41-61)23-22-52-24-26-55(27-25-52)46-54-10-6-5-7-11-54/h8-9,12-47H,5-7,10-11H2,1-4H3. The molecule has 0 bridgehead atoms. The fourth-order valence-electron chi connectivity index (χ4n) is 9.60. The highest BCUT2D eigenvalue weighted by molar-refractivity contribution is 6.07. The van der Waals surface area contributed by atoms with Crippen molar-refractivity contribution in [3.05, 3.63) is 267 Å². The molecule has 69 heavy (non-hydrogen) atoms. The predicted octanol–water partition coefficient (Wildman–Crippen LogP) is 19.1. The minimum absolute atomic E-state index is 1.09. The Hall–Kier alpha value is -7.94. The third kappa shape index (κ3) is 10.5. The summed E-state index contributed by atoms with van der Waals surface area (Å²) in [5, 5.41) is 2.33. The number of hydrogen-bond donors (Lipinski definition) is 0. The van der Waals surface area contributed by atoms with Crippen LogP contribution in [0.3, 0.4) is 0 Å². The first-order chi connectivity index (χ1) is 33.8. The van der Waals surface area contributed by atoms with Crippen LogP contribution in [0.4, 0.5) is 34.1 Å². The molecule has 0 atom stereocenters. The maximum atomic E-state index is 2.40. The van der Waals surface area contributed by atoms with E-state index in [1.165, 1.54) is 87.6 Å². The molecular weight excluding hydrogens is 833 g/mol. The second-order valence-electron chi connectivity index (χ2n) is 18.8. The van der Waals surface area contributed by atoms with E-state index in [4.69, 9.17) is 0 Å². The number of anilines is 6. The van der Waals surface area contributed by atoms with Crippen molar-refractivity contribution < 1.29 is 0 Å². The van der Waals surface area contributed by atoms with Crippen molar-refractivity contribution in [2.75, 3.05) is 9.80 Å². The van der Waals surface area contributed by atoms with Gasteiger partial charge < -0.3 is 9.80 Å². The molecule has 1 aliphatic carbocycles. The maximum Gasteiger partial charge on any atom is 0.0541 e. The summed E-state index contributed by atoms with van der Waals surface area (Å²) in [6.07, 6.45) is 15.7. The quantitative estimate of drug-likeness (QED) is 0.113. The maximum absolute atomic E-state index is 2.40. The molecule has 0 N–H and O–H groups in total. The molecule has 0 amide bonds. The molecule has 1 fully saturated rings. The van der Waals surface area contributed by atoms with Crippen LogP contribution in [-0.2, 0) is 0 Å². The Morgan fingerprint density at radius 2 is 0.696 bits per heavy atom. The van der Waals surface area contributed by atoms with Gasteiger partial charge in [0, 0.05) is 33.5 Å². The summed E-state index contributed by atoms with van der Waals surface area (Å²) in [4.78, 5) is 4.80. The summed E-state index contributed by atoms with van der Waals surface area (Å²) in [6.45, 7) is 8.58. The number of hydrogen-bond acceptors (Lipinski definition) is 2. The van der Waals surface area contributed by atoms with E-state index >= 15 is 0 Å². The summed E-state index contributed by atoms with van der Waals surface area (Å²) in [7, 11) is 0. The Morgan fingerprint density at radius 1 is 0.348 bits per heavy atom. The van der Waals surface area contributed by atoms with E-state index in [1.54, 1.807) is 5.57 Å². The molecule has 1 aliphatic rings. The molecule has 2 nitrogen and oxygen atoms in total. The minimum Gasteiger partial charge on any atom is -0.310 e. The normalized spacial score (nSPS) is 12.6. The minimum atomic E-state index is 1.09. The molecule has 9 aromatic rings. The highest BCUT2D eigenvalue weighted by Gasteiger charge is 2.21. The first-order valence-electron chi connectivity index (χ1n) is 24.6. The Labute approximate surface area is 409 Å². The Bertz CT molecular complexity index is 3210. The molecule has 0 unspecified atom stereocenters. The zero-order valence-electron chi connectivity index (χ0n) is 40.4. The number of rotatable bonds is 12. The monoisotopic (exact) mass is 892 g/mol. The van der Waals surface area contributed by atoms with Crippen LogP contribution in [0.5, 0.6) is 0 Å². The van der Waals surface area contributed by atoms with E-state index in [9.17, 15) is 0 Å². The number of allylic oxidation sites excluding steroid dienone is 1. The summed E-state index contributed by atoms with van der Waals surface area (Å²) < 4.78 is 0. The van der Waals surface area contributed by atoms with Gasteiger partial charge in [-0.2, -0.15) is 0 Å². The van der Waals surface area contributed by atoms with Crippen molar-refractivity contribution in [3.8, 4) is 0 Å². The van der Waals surface area contributed by atoms with E-state index in [0.29, 0.717) is 0 Å². The van der Waals surface area contributed by atoms with Crippen molar-refractivity contribution in [3.63, 3.8) is 0 Å². The van der Waals surface area contributed by atoms with Gasteiger partial charge in [0.15, 0.2) is 0 Å². The average molecular weight is 893 g/mol. The first kappa shape index (κ1) is 44.9. The average Bonchev–Trinajstić information content (AvgIpc) is 3.39. The van der Waals surface area contributed by atoms with Crippen LogP contribution in [0.2, 0.25) is 0 Å². The molecule has 2 heteroatoms. The van der Waals surface area contributed by atoms with E-state index in [0.717, 1.165) is 50.6 Å². The topological polar surface area (TPSA) is 6.48 Å². The molecule has 0 aliphatic heterocycles. The summed E-state index contributed by atoms with van der Waals surface area (Å²) in [5.74, 6) is 0. The number of fused-ring (bicyclic) bond motifs is 1. The lowest BCUT2D eigenvalue weighted by Crippen LogP contribution is -2.13. The molecular formula is C67H60N2. The van der Waals surface area contributed by atoms with Gasteiger partial charge in [0.1, 0.15) is 0 Å². The van der Waals surface area contributed by atoms with Crippen molar-refractivity contribution in [2.45, 2.75) is 59.8 Å². The summed E-state index contributed by atoms with van der Waals surface area (Å²) in [6, 6.07) is 75.9. The largest absolute Gasteiger partial charge is 0.310 e. The van der Waals surface area contributed by atoms with Gasteiger partial charge in [0.05, 0.1) is 11.4 Å². The van der Waals surface area contributed by atoms with Gasteiger partial charge in [-0.1, -0.05) is 198 Å². The number of nitrogens with zero attached hydrogens (tertiary/aromatic N) is 2. The Kier molecular flexibility index (Phi) is 13.3. The third-order valence-corrected chi connectivity index (χ3v) is 13.6. The number of aryl methyl sites for hydroxylation is 4. The molecule has 0 saturated heterocycles. The van der Waals surface area contributed by atoms with Crippen molar-refractivity contribution in [1.82, 2.24) is 0 Å². The molecule has 9 aromatic carbocycles. The van der Waals surface area contributed by atoms with Crippen LogP contribution >= 0.6 is 0 Å². The van der Waals surface area contributed by atoms with Gasteiger partial charge in [-0.05, 0) is 159 Å². The SMILES string of the molecule is Cc1ccc(C(=Cc2ccc(N(c3ccc(C)cc3)c3ccc(N(c4ccc(C)cc4)c4ccc(C=Cc5ccc(C=C6CCCCC6)cc5)cc4)c4ccccc34)cc2)c2ccc(C)cc2)cc1. The van der Waals surface area contributed by atoms with E-state index in [-0.39, 0.29) is 0 Å². The van der Waals surface area contributed by atoms with Gasteiger partial charge in [-0.3, -0.25) is 0 Å². The van der Waals surface area contributed by atoms with E-state index < -0.39 is 0 Å². The second-order valence-corrected chi connectivity index (χ2v) is 18.8. The smallest absolute Gasteiger partial charge is 0.0541 e. The van der Waals surface area contributed by atoms with Crippen LogP contribution in [0.25, 0.3) is 40.6 Å². The Morgan fingerprint density at radius 3 is 1.12 bits per heavy atom. The van der Waals surface area contributed by atoms with Crippen LogP contribution in [0.15, 0.2) is 212 Å². The van der Waals surface area contributed by atoms with Gasteiger partial charge >= 0.3 is 0 Å². The van der Waals surface area contributed by atoms with E-state index in [1.807, 2.05) is 0 Å². The van der Waals surface area contributed by atoms with Gasteiger partial charge in [0.2, 0.25) is 0 Å². The van der Waals surface area contributed by atoms with Crippen LogP contribution in [0.1, 0.15) is 87.7 Å². The first-order valence-corrected chi connectivity index (χ1v) is 24.6. The lowest BCUT2D eigenvalue weighted by atomic mass is 9.93. The lowest BCUT2D eigenvalue weighted by Gasteiger charge is -2.31. The number of benzene rings is 9. The molecule has 0 spiro atoms. The third-order valence-electron chi connectivity index (χ3n) is 13.6. The predicted molar refractivity (Wildman–Crippen MR) is 299 cm³/mol. The fourth-order valence-corrected chi connectivity index (χ4v) is 9.60. The van der Waals surface area contributed by atoms with Gasteiger partial charge in [-0.15, -0.1) is 0 Å². The molecule has 338 valence electrons. The second kappa shape index (κ2) is 20.5. The van der Waals surface area contributed by atoms with Crippen LogP contribution in [0, 0.1) is 27.7 Å². The van der Waals surface area contributed by atoms with Crippen LogP contribution in [-0.4, -0.2) is 0 Å². The zero-order valence-corrected chi connectivity index (χ0v) is 40.4. The van der Waals surface area contributed by atoms with Gasteiger partial charge in [0.25, 0.3) is 0 Å². The zero-order chi connectivity index (χ0) is 47.1. The van der Waals surface area contributed by atoms with Crippen molar-refractivity contribution in [1.29, 1.82) is 0 Å². The highest BCUT2D eigenvalue weighted by Crippen LogP contribution is 2.45. The highest BCUT2D eigenvalue weighted by atomic mass is 15.2.